The van der Waals surface area contributed by atoms with Crippen LogP contribution >= 0.6 is 0 Å². The van der Waals surface area contributed by atoms with Crippen molar-refractivity contribution in [1.82, 2.24) is 10.3 Å². The van der Waals surface area contributed by atoms with Crippen molar-refractivity contribution in [3.05, 3.63) is 53.3 Å². The van der Waals surface area contributed by atoms with Crippen LogP contribution in [-0.2, 0) is 20.9 Å². The first-order valence-electron chi connectivity index (χ1n) is 7.56. The number of ketones is 1. The summed E-state index contributed by atoms with van der Waals surface area (Å²) in [5.41, 5.74) is 0.710. The molecule has 0 fully saturated rings. The van der Waals surface area contributed by atoms with E-state index in [-0.39, 0.29) is 31.0 Å². The number of pyridine rings is 1. The van der Waals surface area contributed by atoms with E-state index in [0.717, 1.165) is 0 Å². The molecule has 1 aliphatic rings. The van der Waals surface area contributed by atoms with Gasteiger partial charge in [-0.15, -0.1) is 0 Å². The highest BCUT2D eigenvalue weighted by atomic mass is 19.1. The quantitative estimate of drug-likeness (QED) is 0.616. The Morgan fingerprint density at radius 1 is 1.52 bits per heavy atom. The normalized spacial score (nSPS) is 16.6. The predicted molar refractivity (Wildman–Crippen MR) is 87.6 cm³/mol. The summed E-state index contributed by atoms with van der Waals surface area (Å²) in [4.78, 5) is 26.1. The van der Waals surface area contributed by atoms with Gasteiger partial charge in [0.1, 0.15) is 23.8 Å². The Bertz CT molecular complexity index is 758. The molecule has 7 nitrogen and oxygen atoms in total. The summed E-state index contributed by atoms with van der Waals surface area (Å²) >= 11 is 0. The number of carboxylic acids is 1. The first-order chi connectivity index (χ1) is 11.9. The van der Waals surface area contributed by atoms with Crippen molar-refractivity contribution in [1.29, 1.82) is 5.41 Å². The van der Waals surface area contributed by atoms with E-state index in [1.165, 1.54) is 25.3 Å². The van der Waals surface area contributed by atoms with Crippen molar-refractivity contribution in [2.75, 3.05) is 6.54 Å². The number of allylic oxidation sites excluding steroid dienone is 1. The molecule has 1 unspecified atom stereocenters. The van der Waals surface area contributed by atoms with Crippen LogP contribution in [0.15, 0.2) is 41.8 Å². The number of carbonyl (C=O) groups is 2. The molecule has 8 heteroatoms. The lowest BCUT2D eigenvalue weighted by Gasteiger charge is -2.23. The van der Waals surface area contributed by atoms with Gasteiger partial charge < -0.3 is 15.2 Å². The maximum Gasteiger partial charge on any atom is 0.322 e. The second kappa shape index (κ2) is 8.29. The average Bonchev–Trinajstić information content (AvgIpc) is 2.58. The molecule has 0 bridgehead atoms. The minimum absolute atomic E-state index is 0.0553. The molecule has 0 radical (unpaired) electrons. The molecule has 1 aliphatic carbocycles. The van der Waals surface area contributed by atoms with Crippen LogP contribution in [0, 0.1) is 11.2 Å². The van der Waals surface area contributed by atoms with Crippen LogP contribution in [-0.4, -0.2) is 40.2 Å². The number of ether oxygens (including phenoxy) is 1. The summed E-state index contributed by atoms with van der Waals surface area (Å²) in [5.74, 6) is -1.97. The minimum Gasteiger partial charge on any atom is -0.480 e. The second-order valence-corrected chi connectivity index (χ2v) is 5.42. The average molecular weight is 347 g/mol. The van der Waals surface area contributed by atoms with E-state index >= 15 is 0 Å². The van der Waals surface area contributed by atoms with E-state index in [1.807, 2.05) is 0 Å². The van der Waals surface area contributed by atoms with Crippen LogP contribution in [0.4, 0.5) is 4.39 Å². The van der Waals surface area contributed by atoms with Gasteiger partial charge in [-0.25, -0.2) is 4.39 Å². The zero-order valence-electron chi connectivity index (χ0n) is 13.6. The van der Waals surface area contributed by atoms with Crippen LogP contribution in [0.2, 0.25) is 0 Å². The number of aromatic nitrogens is 1. The monoisotopic (exact) mass is 347 g/mol. The number of carboxylic acid groups (broad SMARTS) is 1. The minimum atomic E-state index is -1.06. The molecule has 0 saturated heterocycles. The van der Waals surface area contributed by atoms with E-state index in [9.17, 15) is 14.0 Å². The molecular formula is C17H18FN3O4. The fourth-order valence-electron chi connectivity index (χ4n) is 2.29. The van der Waals surface area contributed by atoms with Gasteiger partial charge in [0.05, 0.1) is 12.7 Å². The molecule has 132 valence electrons. The van der Waals surface area contributed by atoms with Gasteiger partial charge in [-0.1, -0.05) is 6.08 Å². The van der Waals surface area contributed by atoms with E-state index in [2.05, 4.69) is 10.3 Å². The standard InChI is InChI=1S/C17H18FN3O4/c1-10(22)17(19)12-7-11(4-5-14(12)21-8-16(23)24)25-9-15-13(18)3-2-6-20-15/h2-6,11,19,21H,7-9H2,1H3,(H,23,24). The fourth-order valence-corrected chi connectivity index (χ4v) is 2.29. The summed E-state index contributed by atoms with van der Waals surface area (Å²) in [5, 5.41) is 19.4. The first-order valence-corrected chi connectivity index (χ1v) is 7.56. The topological polar surface area (TPSA) is 112 Å². The smallest absolute Gasteiger partial charge is 0.322 e. The molecular weight excluding hydrogens is 329 g/mol. The van der Waals surface area contributed by atoms with Crippen LogP contribution in [0.5, 0.6) is 0 Å². The van der Waals surface area contributed by atoms with Crippen molar-refractivity contribution in [3.63, 3.8) is 0 Å². The lowest BCUT2D eigenvalue weighted by atomic mass is 9.94. The number of Topliss-reactive ketones (excluding diaryl/α,β-unsaturated/α-hetero) is 1. The molecule has 1 aromatic heterocycles. The van der Waals surface area contributed by atoms with Gasteiger partial charge in [0.15, 0.2) is 5.78 Å². The first kappa shape index (κ1) is 18.5. The van der Waals surface area contributed by atoms with E-state index in [0.29, 0.717) is 11.3 Å². The highest BCUT2D eigenvalue weighted by Gasteiger charge is 2.23. The van der Waals surface area contributed by atoms with Gasteiger partial charge in [-0.3, -0.25) is 20.0 Å². The van der Waals surface area contributed by atoms with Gasteiger partial charge in [0, 0.05) is 30.8 Å². The third-order valence-corrected chi connectivity index (χ3v) is 3.56. The maximum atomic E-state index is 13.6. The maximum absolute atomic E-state index is 13.6. The van der Waals surface area contributed by atoms with Crippen molar-refractivity contribution < 1.29 is 23.8 Å². The van der Waals surface area contributed by atoms with Crippen molar-refractivity contribution >= 4 is 17.5 Å². The van der Waals surface area contributed by atoms with Gasteiger partial charge in [0.2, 0.25) is 0 Å². The van der Waals surface area contributed by atoms with E-state index in [1.54, 1.807) is 12.2 Å². The number of nitrogens with one attached hydrogen (secondary N) is 2. The number of rotatable bonds is 8. The lowest BCUT2D eigenvalue weighted by Crippen LogP contribution is -2.29. The van der Waals surface area contributed by atoms with Crippen molar-refractivity contribution in [3.8, 4) is 0 Å². The van der Waals surface area contributed by atoms with Crippen LogP contribution in [0.1, 0.15) is 19.0 Å². The zero-order chi connectivity index (χ0) is 18.4. The number of hydrogen-bond acceptors (Lipinski definition) is 6. The molecule has 0 spiro atoms. The van der Waals surface area contributed by atoms with Gasteiger partial charge in [-0.2, -0.15) is 0 Å². The van der Waals surface area contributed by atoms with E-state index < -0.39 is 23.7 Å². The number of halogens is 1. The Balaban J connectivity index is 2.09. The molecule has 0 saturated carbocycles. The van der Waals surface area contributed by atoms with Crippen molar-refractivity contribution in [2.24, 2.45) is 0 Å². The highest BCUT2D eigenvalue weighted by molar-refractivity contribution is 6.44. The molecule has 1 atom stereocenters. The SMILES string of the molecule is CC(=O)C(=N)C1=C(NCC(=O)O)C=CC(OCc2ncccc2F)C1. The van der Waals surface area contributed by atoms with Gasteiger partial charge in [-0.05, 0) is 18.2 Å². The van der Waals surface area contributed by atoms with Gasteiger partial charge in [0.25, 0.3) is 0 Å². The van der Waals surface area contributed by atoms with Crippen molar-refractivity contribution in [2.45, 2.75) is 26.1 Å². The van der Waals surface area contributed by atoms with Crippen LogP contribution < -0.4 is 5.32 Å². The zero-order valence-corrected chi connectivity index (χ0v) is 13.6. The molecule has 2 rings (SSSR count). The molecule has 1 heterocycles. The molecule has 25 heavy (non-hydrogen) atoms. The molecule has 0 aliphatic heterocycles. The highest BCUT2D eigenvalue weighted by Crippen LogP contribution is 2.22. The Morgan fingerprint density at radius 2 is 2.28 bits per heavy atom. The van der Waals surface area contributed by atoms with E-state index in [4.69, 9.17) is 15.3 Å². The summed E-state index contributed by atoms with van der Waals surface area (Å²) in [6.07, 6.45) is 4.42. The van der Waals surface area contributed by atoms with Crippen LogP contribution in [0.3, 0.4) is 0 Å². The summed E-state index contributed by atoms with van der Waals surface area (Å²) in [6, 6.07) is 2.77. The lowest BCUT2D eigenvalue weighted by molar-refractivity contribution is -0.135. The molecule has 0 amide bonds. The molecule has 3 N–H and O–H groups in total. The Morgan fingerprint density at radius 3 is 2.92 bits per heavy atom. The summed E-state index contributed by atoms with van der Waals surface area (Å²) < 4.78 is 19.2. The Kier molecular flexibility index (Phi) is 6.13. The third kappa shape index (κ3) is 5.05. The second-order valence-electron chi connectivity index (χ2n) is 5.42. The number of hydrogen-bond donors (Lipinski definition) is 3. The Labute approximate surface area is 143 Å². The predicted octanol–water partition coefficient (Wildman–Crippen LogP) is 1.60. The van der Waals surface area contributed by atoms with Crippen LogP contribution in [0.25, 0.3) is 0 Å². The summed E-state index contributed by atoms with van der Waals surface area (Å²) in [6.45, 7) is 0.876. The Hall–Kier alpha value is -2.87. The molecule has 0 aromatic carbocycles. The third-order valence-electron chi connectivity index (χ3n) is 3.56. The fraction of sp³-hybridized carbons (Fsp3) is 0.294. The number of nitrogens with zero attached hydrogens (tertiary/aromatic N) is 1. The number of carbonyl (C=O) groups excluding carboxylic acids is 1. The number of aliphatic carboxylic acids is 1. The van der Waals surface area contributed by atoms with Gasteiger partial charge >= 0.3 is 5.97 Å². The summed E-state index contributed by atoms with van der Waals surface area (Å²) in [7, 11) is 0. The largest absolute Gasteiger partial charge is 0.480 e. The molecule has 1 aromatic rings.